The fourth-order valence-corrected chi connectivity index (χ4v) is 3.39. The molecule has 0 radical (unpaired) electrons. The van der Waals surface area contributed by atoms with Crippen LogP contribution in [0.3, 0.4) is 0 Å². The molecule has 2 N–H and O–H groups in total. The van der Waals surface area contributed by atoms with E-state index in [-0.39, 0.29) is 35.5 Å². The van der Waals surface area contributed by atoms with Crippen LogP contribution in [0, 0.1) is 12.8 Å². The van der Waals surface area contributed by atoms with E-state index in [2.05, 4.69) is 58.6 Å². The van der Waals surface area contributed by atoms with Crippen molar-refractivity contribution in [3.8, 4) is 5.75 Å². The predicted octanol–water partition coefficient (Wildman–Crippen LogP) is 3.27. The number of nitrogens with zero attached hydrogens (tertiary/aromatic N) is 3. The molecule has 164 valence electrons. The minimum atomic E-state index is -0.301. The van der Waals surface area contributed by atoms with Gasteiger partial charge in [-0.25, -0.2) is 0 Å². The quantitative estimate of drug-likeness (QED) is 0.579. The number of aromatic nitrogens is 4. The Kier molecular flexibility index (Phi) is 6.89. The van der Waals surface area contributed by atoms with Crippen molar-refractivity contribution in [2.45, 2.75) is 46.6 Å². The number of methoxy groups -OCH3 is 1. The number of benzene rings is 1. The maximum absolute atomic E-state index is 12.4. The summed E-state index contributed by atoms with van der Waals surface area (Å²) in [4.78, 5) is 28.7. The maximum Gasteiger partial charge on any atom is 0.248 e. The van der Waals surface area contributed by atoms with Crippen molar-refractivity contribution in [2.24, 2.45) is 5.92 Å². The van der Waals surface area contributed by atoms with E-state index in [1.807, 2.05) is 6.92 Å². The molecular formula is C23H29N5O3. The third-order valence-corrected chi connectivity index (χ3v) is 5.13. The number of hydrogen-bond acceptors (Lipinski definition) is 5. The SMILES string of the molecule is COc1cn(CC(=O)Nc2n[nH]c([C@@H](C)c3ccc(CC(C)C)cc3)n2)c(C)cc1=O. The fraction of sp³-hybridized carbons (Fsp3) is 0.391. The highest BCUT2D eigenvalue weighted by Gasteiger charge is 2.16. The number of rotatable bonds is 8. The number of nitrogens with one attached hydrogen (secondary N) is 2. The van der Waals surface area contributed by atoms with Gasteiger partial charge in [-0.3, -0.25) is 20.0 Å². The van der Waals surface area contributed by atoms with E-state index >= 15 is 0 Å². The van der Waals surface area contributed by atoms with Crippen molar-refractivity contribution in [1.82, 2.24) is 19.7 Å². The zero-order valence-electron chi connectivity index (χ0n) is 18.6. The Morgan fingerprint density at radius 1 is 1.23 bits per heavy atom. The largest absolute Gasteiger partial charge is 0.491 e. The number of hydrogen-bond donors (Lipinski definition) is 2. The lowest BCUT2D eigenvalue weighted by atomic mass is 9.96. The molecule has 0 bridgehead atoms. The molecule has 8 heteroatoms. The van der Waals surface area contributed by atoms with Gasteiger partial charge in [0.2, 0.25) is 17.3 Å². The first kappa shape index (κ1) is 22.3. The van der Waals surface area contributed by atoms with Gasteiger partial charge in [0.15, 0.2) is 5.75 Å². The highest BCUT2D eigenvalue weighted by Crippen LogP contribution is 2.23. The predicted molar refractivity (Wildman–Crippen MR) is 120 cm³/mol. The van der Waals surface area contributed by atoms with Crippen molar-refractivity contribution in [3.63, 3.8) is 0 Å². The first-order valence-corrected chi connectivity index (χ1v) is 10.3. The van der Waals surface area contributed by atoms with Crippen LogP contribution in [0.25, 0.3) is 0 Å². The van der Waals surface area contributed by atoms with Crippen molar-refractivity contribution >= 4 is 11.9 Å². The molecule has 0 aliphatic carbocycles. The highest BCUT2D eigenvalue weighted by molar-refractivity contribution is 5.88. The molecule has 1 aromatic carbocycles. The van der Waals surface area contributed by atoms with Gasteiger partial charge < -0.3 is 9.30 Å². The number of pyridine rings is 1. The van der Waals surface area contributed by atoms with Gasteiger partial charge in [-0.05, 0) is 30.4 Å². The third kappa shape index (κ3) is 5.59. The van der Waals surface area contributed by atoms with Crippen molar-refractivity contribution in [3.05, 3.63) is 69.4 Å². The standard InChI is InChI=1S/C23H29N5O3/c1-14(2)10-17-6-8-18(9-7-17)16(4)22-25-23(27-26-22)24-21(30)13-28-12-20(31-5)19(29)11-15(28)3/h6-9,11-12,14,16H,10,13H2,1-5H3,(H2,24,25,26,27,30)/t16-/m0/s1. The topological polar surface area (TPSA) is 102 Å². The lowest BCUT2D eigenvalue weighted by molar-refractivity contribution is -0.116. The van der Waals surface area contributed by atoms with E-state index in [9.17, 15) is 9.59 Å². The van der Waals surface area contributed by atoms with Crippen molar-refractivity contribution < 1.29 is 9.53 Å². The average Bonchev–Trinajstić information content (AvgIpc) is 3.18. The van der Waals surface area contributed by atoms with Crippen molar-refractivity contribution in [2.75, 3.05) is 12.4 Å². The van der Waals surface area contributed by atoms with Gasteiger partial charge in [0.25, 0.3) is 0 Å². The van der Waals surface area contributed by atoms with Crippen LogP contribution in [0.4, 0.5) is 5.95 Å². The second-order valence-electron chi connectivity index (χ2n) is 8.13. The van der Waals surface area contributed by atoms with Crippen LogP contribution < -0.4 is 15.5 Å². The summed E-state index contributed by atoms with van der Waals surface area (Å²) in [6.07, 6.45) is 2.57. The Morgan fingerprint density at radius 2 is 1.94 bits per heavy atom. The number of anilines is 1. The number of amides is 1. The molecule has 0 saturated carbocycles. The van der Waals surface area contributed by atoms with Gasteiger partial charge in [0.1, 0.15) is 12.4 Å². The number of H-pyrrole nitrogens is 1. The summed E-state index contributed by atoms with van der Waals surface area (Å²) >= 11 is 0. The van der Waals surface area contributed by atoms with E-state index in [4.69, 9.17) is 4.74 Å². The summed E-state index contributed by atoms with van der Waals surface area (Å²) in [5, 5.41) is 9.73. The minimum absolute atomic E-state index is 0.0109. The molecule has 0 aliphatic heterocycles. The lowest BCUT2D eigenvalue weighted by Gasteiger charge is -2.11. The summed E-state index contributed by atoms with van der Waals surface area (Å²) in [5.41, 5.74) is 2.87. The van der Waals surface area contributed by atoms with E-state index in [0.29, 0.717) is 17.4 Å². The number of aryl methyl sites for hydroxylation is 1. The second kappa shape index (κ2) is 9.59. The van der Waals surface area contributed by atoms with Crippen LogP contribution in [-0.2, 0) is 17.8 Å². The summed E-state index contributed by atoms with van der Waals surface area (Å²) in [6.45, 7) is 8.22. The lowest BCUT2D eigenvalue weighted by Crippen LogP contribution is -2.22. The second-order valence-corrected chi connectivity index (χ2v) is 8.13. The molecule has 2 heterocycles. The van der Waals surface area contributed by atoms with Crippen LogP contribution in [0.2, 0.25) is 0 Å². The third-order valence-electron chi connectivity index (χ3n) is 5.13. The molecule has 0 spiro atoms. The van der Waals surface area contributed by atoms with E-state index in [0.717, 1.165) is 12.0 Å². The van der Waals surface area contributed by atoms with Gasteiger partial charge in [-0.15, -0.1) is 5.10 Å². The van der Waals surface area contributed by atoms with Gasteiger partial charge in [-0.2, -0.15) is 4.98 Å². The highest BCUT2D eigenvalue weighted by atomic mass is 16.5. The van der Waals surface area contributed by atoms with Crippen molar-refractivity contribution in [1.29, 1.82) is 0 Å². The Labute approximate surface area is 181 Å². The molecular weight excluding hydrogens is 394 g/mol. The Hall–Kier alpha value is -3.42. The van der Waals surface area contributed by atoms with Crippen LogP contribution in [0.5, 0.6) is 5.75 Å². The smallest absolute Gasteiger partial charge is 0.248 e. The molecule has 0 unspecified atom stereocenters. The first-order chi connectivity index (χ1) is 14.8. The zero-order chi connectivity index (χ0) is 22.5. The van der Waals surface area contributed by atoms with E-state index in [1.165, 1.54) is 24.9 Å². The van der Waals surface area contributed by atoms with E-state index < -0.39 is 0 Å². The van der Waals surface area contributed by atoms with Crippen LogP contribution >= 0.6 is 0 Å². The minimum Gasteiger partial charge on any atom is -0.491 e. The molecule has 3 rings (SSSR count). The Morgan fingerprint density at radius 3 is 2.58 bits per heavy atom. The fourth-order valence-electron chi connectivity index (χ4n) is 3.39. The number of aromatic amines is 1. The summed E-state index contributed by atoms with van der Waals surface area (Å²) in [6, 6.07) is 9.94. The molecule has 8 nitrogen and oxygen atoms in total. The normalized spacial score (nSPS) is 12.1. The average molecular weight is 424 g/mol. The summed E-state index contributed by atoms with van der Waals surface area (Å²) in [7, 11) is 1.42. The monoisotopic (exact) mass is 423 g/mol. The number of carbonyl (C=O) groups excluding carboxylic acids is 1. The molecule has 1 amide bonds. The van der Waals surface area contributed by atoms with Gasteiger partial charge >= 0.3 is 0 Å². The molecule has 1 atom stereocenters. The van der Waals surface area contributed by atoms with Crippen LogP contribution in [-0.4, -0.2) is 32.8 Å². The van der Waals surface area contributed by atoms with Gasteiger partial charge in [-0.1, -0.05) is 45.0 Å². The Bertz CT molecular complexity index is 1100. The molecule has 31 heavy (non-hydrogen) atoms. The molecule has 0 fully saturated rings. The number of carbonyl (C=O) groups is 1. The number of ether oxygens (including phenoxy) is 1. The maximum atomic E-state index is 12.4. The summed E-state index contributed by atoms with van der Waals surface area (Å²) < 4.78 is 6.69. The molecule has 0 aliphatic rings. The van der Waals surface area contributed by atoms with Crippen LogP contribution in [0.15, 0.2) is 41.3 Å². The summed E-state index contributed by atoms with van der Waals surface area (Å²) in [5.74, 6) is 1.40. The zero-order valence-corrected chi connectivity index (χ0v) is 18.6. The molecule has 2 aromatic heterocycles. The van der Waals surface area contributed by atoms with Crippen LogP contribution in [0.1, 0.15) is 49.3 Å². The van der Waals surface area contributed by atoms with E-state index in [1.54, 1.807) is 11.5 Å². The molecule has 0 saturated heterocycles. The van der Waals surface area contributed by atoms with Gasteiger partial charge in [0.05, 0.1) is 13.3 Å². The Balaban J connectivity index is 1.65. The molecule has 3 aromatic rings. The first-order valence-electron chi connectivity index (χ1n) is 10.3. The van der Waals surface area contributed by atoms with Gasteiger partial charge in [0, 0.05) is 17.7 Å².